The van der Waals surface area contributed by atoms with Crippen molar-refractivity contribution in [2.24, 2.45) is 5.92 Å². The van der Waals surface area contributed by atoms with Crippen LogP contribution in [0.3, 0.4) is 0 Å². The Morgan fingerprint density at radius 1 is 1.58 bits per heavy atom. The number of ether oxygens (including phenoxy) is 1. The standard InChI is InChI=1S/C12H22N2O4S/c1-9(8-19-2)6-13-12(17)14-3-4-18-10(7-14)5-11(15)16/h9-10H,3-8H2,1-2H3,(H,13,17)(H,15,16). The first kappa shape index (κ1) is 16.1. The second-order valence-electron chi connectivity index (χ2n) is 4.78. The van der Waals surface area contributed by atoms with Crippen molar-refractivity contribution in [1.29, 1.82) is 0 Å². The number of morpholine rings is 1. The monoisotopic (exact) mass is 290 g/mol. The van der Waals surface area contributed by atoms with Gasteiger partial charge in [0, 0.05) is 19.6 Å². The van der Waals surface area contributed by atoms with Gasteiger partial charge in [0.2, 0.25) is 0 Å². The van der Waals surface area contributed by atoms with Crippen LogP contribution in [0.15, 0.2) is 0 Å². The minimum Gasteiger partial charge on any atom is -0.481 e. The predicted molar refractivity (Wildman–Crippen MR) is 74.5 cm³/mol. The van der Waals surface area contributed by atoms with E-state index in [0.29, 0.717) is 32.2 Å². The number of carbonyl (C=O) groups excluding carboxylic acids is 1. The van der Waals surface area contributed by atoms with E-state index in [1.807, 2.05) is 6.26 Å². The minimum atomic E-state index is -0.902. The molecule has 2 amide bonds. The third-order valence-corrected chi connectivity index (χ3v) is 3.78. The van der Waals surface area contributed by atoms with Gasteiger partial charge in [-0.15, -0.1) is 0 Å². The summed E-state index contributed by atoms with van der Waals surface area (Å²) in [4.78, 5) is 24.2. The molecule has 6 nitrogen and oxygen atoms in total. The van der Waals surface area contributed by atoms with Crippen molar-refractivity contribution in [3.8, 4) is 0 Å². The topological polar surface area (TPSA) is 78.9 Å². The fourth-order valence-corrected chi connectivity index (χ4v) is 2.63. The van der Waals surface area contributed by atoms with Gasteiger partial charge in [0.1, 0.15) is 0 Å². The van der Waals surface area contributed by atoms with Crippen LogP contribution in [0.25, 0.3) is 0 Å². The first-order chi connectivity index (χ1) is 9.02. The summed E-state index contributed by atoms with van der Waals surface area (Å²) >= 11 is 1.75. The van der Waals surface area contributed by atoms with Gasteiger partial charge in [-0.1, -0.05) is 6.92 Å². The quantitative estimate of drug-likeness (QED) is 0.759. The molecule has 7 heteroatoms. The summed E-state index contributed by atoms with van der Waals surface area (Å²) in [6.07, 6.45) is 1.57. The molecule has 1 heterocycles. The van der Waals surface area contributed by atoms with Gasteiger partial charge < -0.3 is 20.1 Å². The van der Waals surface area contributed by atoms with Crippen LogP contribution in [0.1, 0.15) is 13.3 Å². The largest absolute Gasteiger partial charge is 0.481 e. The molecule has 0 saturated carbocycles. The lowest BCUT2D eigenvalue weighted by molar-refractivity contribution is -0.141. The highest BCUT2D eigenvalue weighted by molar-refractivity contribution is 7.98. The first-order valence-electron chi connectivity index (χ1n) is 6.38. The Morgan fingerprint density at radius 3 is 2.95 bits per heavy atom. The molecule has 0 aromatic carbocycles. The van der Waals surface area contributed by atoms with E-state index in [4.69, 9.17) is 9.84 Å². The number of carboxylic acids is 1. The number of carbonyl (C=O) groups is 2. The smallest absolute Gasteiger partial charge is 0.317 e. The van der Waals surface area contributed by atoms with Crippen LogP contribution in [0.5, 0.6) is 0 Å². The lowest BCUT2D eigenvalue weighted by Gasteiger charge is -2.32. The molecule has 19 heavy (non-hydrogen) atoms. The zero-order chi connectivity index (χ0) is 14.3. The van der Waals surface area contributed by atoms with E-state index in [-0.39, 0.29) is 12.5 Å². The highest BCUT2D eigenvalue weighted by Crippen LogP contribution is 2.09. The summed E-state index contributed by atoms with van der Waals surface area (Å²) in [6.45, 7) is 3.98. The van der Waals surface area contributed by atoms with Gasteiger partial charge in [0.25, 0.3) is 0 Å². The lowest BCUT2D eigenvalue weighted by Crippen LogP contribution is -2.50. The summed E-state index contributed by atoms with van der Waals surface area (Å²) in [5.74, 6) is 0.529. The minimum absolute atomic E-state index is 0.0628. The number of nitrogens with one attached hydrogen (secondary N) is 1. The molecular formula is C12H22N2O4S. The van der Waals surface area contributed by atoms with E-state index in [1.165, 1.54) is 0 Å². The van der Waals surface area contributed by atoms with Crippen molar-refractivity contribution in [3.63, 3.8) is 0 Å². The second-order valence-corrected chi connectivity index (χ2v) is 5.69. The van der Waals surface area contributed by atoms with Crippen LogP contribution in [0.2, 0.25) is 0 Å². The Kier molecular flexibility index (Phi) is 7.01. The van der Waals surface area contributed by atoms with Crippen molar-refractivity contribution in [2.45, 2.75) is 19.4 Å². The Morgan fingerprint density at radius 2 is 2.32 bits per heavy atom. The maximum atomic E-state index is 11.9. The van der Waals surface area contributed by atoms with Crippen molar-refractivity contribution >= 4 is 23.8 Å². The number of nitrogens with zero attached hydrogens (tertiary/aromatic N) is 1. The van der Waals surface area contributed by atoms with Gasteiger partial charge in [0.15, 0.2) is 0 Å². The molecule has 0 bridgehead atoms. The maximum Gasteiger partial charge on any atom is 0.317 e. The maximum absolute atomic E-state index is 11.9. The SMILES string of the molecule is CSCC(C)CNC(=O)N1CCOC(CC(=O)O)C1. The molecule has 2 unspecified atom stereocenters. The van der Waals surface area contributed by atoms with Gasteiger partial charge in [-0.2, -0.15) is 11.8 Å². The van der Waals surface area contributed by atoms with Gasteiger partial charge in [-0.3, -0.25) is 4.79 Å². The van der Waals surface area contributed by atoms with Crippen molar-refractivity contribution in [1.82, 2.24) is 10.2 Å². The third-order valence-electron chi connectivity index (χ3n) is 2.88. The Balaban J connectivity index is 2.33. The van der Waals surface area contributed by atoms with Crippen LogP contribution in [-0.2, 0) is 9.53 Å². The molecule has 110 valence electrons. The molecule has 2 atom stereocenters. The zero-order valence-electron chi connectivity index (χ0n) is 11.4. The molecule has 1 saturated heterocycles. The van der Waals surface area contributed by atoms with Crippen molar-refractivity contribution < 1.29 is 19.4 Å². The fraction of sp³-hybridized carbons (Fsp3) is 0.833. The summed E-state index contributed by atoms with van der Waals surface area (Å²) in [6, 6.07) is -0.133. The Labute approximate surface area is 117 Å². The third kappa shape index (κ3) is 6.15. The van der Waals surface area contributed by atoms with Crippen LogP contribution in [-0.4, -0.2) is 66.4 Å². The molecule has 0 aliphatic carbocycles. The number of thioether (sulfide) groups is 1. The summed E-state index contributed by atoms with van der Waals surface area (Å²) < 4.78 is 5.33. The normalized spacial score (nSPS) is 20.9. The molecule has 1 aliphatic rings. The number of hydrogen-bond acceptors (Lipinski definition) is 4. The summed E-state index contributed by atoms with van der Waals surface area (Å²) in [5, 5.41) is 11.6. The van der Waals surface area contributed by atoms with Gasteiger partial charge >= 0.3 is 12.0 Å². The molecular weight excluding hydrogens is 268 g/mol. The number of rotatable bonds is 6. The first-order valence-corrected chi connectivity index (χ1v) is 7.77. The van der Waals surface area contributed by atoms with Crippen LogP contribution in [0, 0.1) is 5.92 Å². The molecule has 0 aromatic rings. The number of hydrogen-bond donors (Lipinski definition) is 2. The Bertz CT molecular complexity index is 314. The summed E-state index contributed by atoms with van der Waals surface area (Å²) in [7, 11) is 0. The van der Waals surface area contributed by atoms with Crippen LogP contribution < -0.4 is 5.32 Å². The van der Waals surface area contributed by atoms with Crippen LogP contribution in [0.4, 0.5) is 4.79 Å². The molecule has 2 N–H and O–H groups in total. The van der Waals surface area contributed by atoms with E-state index in [2.05, 4.69) is 12.2 Å². The average molecular weight is 290 g/mol. The van der Waals surface area contributed by atoms with E-state index in [0.717, 1.165) is 5.75 Å². The van der Waals surface area contributed by atoms with Gasteiger partial charge in [-0.25, -0.2) is 4.79 Å². The predicted octanol–water partition coefficient (Wildman–Crippen LogP) is 0.871. The average Bonchev–Trinajstić information content (AvgIpc) is 2.36. The van der Waals surface area contributed by atoms with E-state index >= 15 is 0 Å². The molecule has 0 aromatic heterocycles. The lowest BCUT2D eigenvalue weighted by atomic mass is 10.2. The van der Waals surface area contributed by atoms with Crippen LogP contribution >= 0.6 is 11.8 Å². The highest BCUT2D eigenvalue weighted by Gasteiger charge is 2.25. The van der Waals surface area contributed by atoms with E-state index in [1.54, 1.807) is 16.7 Å². The molecule has 0 radical (unpaired) electrons. The molecule has 1 fully saturated rings. The van der Waals surface area contributed by atoms with E-state index < -0.39 is 12.1 Å². The zero-order valence-corrected chi connectivity index (χ0v) is 12.2. The van der Waals surface area contributed by atoms with E-state index in [9.17, 15) is 9.59 Å². The number of amides is 2. The van der Waals surface area contributed by atoms with Gasteiger partial charge in [0.05, 0.1) is 19.1 Å². The highest BCUT2D eigenvalue weighted by atomic mass is 32.2. The van der Waals surface area contributed by atoms with Gasteiger partial charge in [-0.05, 0) is 17.9 Å². The fourth-order valence-electron chi connectivity index (χ4n) is 1.94. The molecule has 0 spiro atoms. The number of carboxylic acid groups (broad SMARTS) is 1. The number of urea groups is 1. The Hall–Kier alpha value is -0.950. The second kappa shape index (κ2) is 8.27. The van der Waals surface area contributed by atoms with Crippen molar-refractivity contribution in [2.75, 3.05) is 38.2 Å². The van der Waals surface area contributed by atoms with Crippen molar-refractivity contribution in [3.05, 3.63) is 0 Å². The number of aliphatic carboxylic acids is 1. The molecule has 1 rings (SSSR count). The summed E-state index contributed by atoms with van der Waals surface area (Å²) in [5.41, 5.74) is 0. The molecule has 1 aliphatic heterocycles.